The Labute approximate surface area is 201 Å². The summed E-state index contributed by atoms with van der Waals surface area (Å²) in [6.07, 6.45) is 7.44. The van der Waals surface area contributed by atoms with E-state index in [1.54, 1.807) is 41.5 Å². The minimum atomic E-state index is -0.940. The number of nitrogens with zero attached hydrogens (tertiary/aromatic N) is 4. The average Bonchev–Trinajstić information content (AvgIpc) is 3.43. The highest BCUT2D eigenvalue weighted by molar-refractivity contribution is 5.86. The number of aryl methyl sites for hydroxylation is 1. The fourth-order valence-electron chi connectivity index (χ4n) is 4.03. The number of anilines is 1. The largest absolute Gasteiger partial charge is 0.389 e. The first kappa shape index (κ1) is 22.7. The molecule has 3 heterocycles. The lowest BCUT2D eigenvalue weighted by Crippen LogP contribution is -2.29. The molecule has 2 N–H and O–H groups in total. The molecule has 178 valence electrons. The molecule has 0 aliphatic rings. The highest BCUT2D eigenvalue weighted by Gasteiger charge is 2.16. The van der Waals surface area contributed by atoms with Crippen LogP contribution in [0.1, 0.15) is 13.8 Å². The number of aliphatic hydroxyl groups is 1. The molecule has 3 aromatic heterocycles. The first-order chi connectivity index (χ1) is 16.7. The number of rotatable bonds is 6. The van der Waals surface area contributed by atoms with Crippen LogP contribution in [0.25, 0.3) is 38.9 Å². The van der Waals surface area contributed by atoms with Gasteiger partial charge in [0.05, 0.1) is 23.5 Å². The summed E-state index contributed by atoms with van der Waals surface area (Å²) in [7, 11) is 1.87. The fraction of sp³-hybridized carbons (Fsp3) is 0.185. The smallest absolute Gasteiger partial charge is 0.133 e. The summed E-state index contributed by atoms with van der Waals surface area (Å²) in [6, 6.07) is 13.1. The molecule has 35 heavy (non-hydrogen) atoms. The normalized spacial score (nSPS) is 11.8. The Hall–Kier alpha value is -4.04. The van der Waals surface area contributed by atoms with Crippen molar-refractivity contribution in [3.8, 4) is 33.4 Å². The lowest BCUT2D eigenvalue weighted by Gasteiger charge is -2.19. The van der Waals surface area contributed by atoms with Crippen LogP contribution in [0.2, 0.25) is 0 Å². The van der Waals surface area contributed by atoms with Gasteiger partial charge in [0.25, 0.3) is 0 Å². The van der Waals surface area contributed by atoms with Crippen LogP contribution in [0, 0.1) is 11.6 Å². The minimum Gasteiger partial charge on any atom is -0.389 e. The summed E-state index contributed by atoms with van der Waals surface area (Å²) in [5, 5.41) is 22.2. The number of halogens is 2. The van der Waals surface area contributed by atoms with E-state index in [0.29, 0.717) is 17.8 Å². The maximum absolute atomic E-state index is 14.7. The molecule has 0 unspecified atom stereocenters. The molecule has 0 bridgehead atoms. The number of hydrogen-bond donors (Lipinski definition) is 2. The molecule has 0 aliphatic carbocycles. The summed E-state index contributed by atoms with van der Waals surface area (Å²) < 4.78 is 31.7. The highest BCUT2D eigenvalue weighted by atomic mass is 19.1. The molecule has 0 saturated heterocycles. The van der Waals surface area contributed by atoms with Gasteiger partial charge in [-0.2, -0.15) is 10.2 Å². The number of fused-ring (bicyclic) bond motifs is 1. The van der Waals surface area contributed by atoms with Gasteiger partial charge in [0.1, 0.15) is 11.6 Å². The van der Waals surface area contributed by atoms with Gasteiger partial charge in [-0.25, -0.2) is 13.3 Å². The van der Waals surface area contributed by atoms with Crippen molar-refractivity contribution in [2.24, 2.45) is 7.05 Å². The molecular formula is C27H25F2N5O. The number of pyridine rings is 1. The van der Waals surface area contributed by atoms with Crippen LogP contribution in [-0.4, -0.2) is 36.6 Å². The Kier molecular flexibility index (Phi) is 5.61. The van der Waals surface area contributed by atoms with Crippen molar-refractivity contribution in [1.29, 1.82) is 0 Å². The van der Waals surface area contributed by atoms with Crippen molar-refractivity contribution in [2.75, 3.05) is 11.9 Å². The van der Waals surface area contributed by atoms with Gasteiger partial charge in [-0.15, -0.1) is 0 Å². The van der Waals surface area contributed by atoms with Crippen molar-refractivity contribution < 1.29 is 13.9 Å². The number of nitrogens with one attached hydrogen (secondary N) is 1. The molecule has 6 nitrogen and oxygen atoms in total. The summed E-state index contributed by atoms with van der Waals surface area (Å²) >= 11 is 0. The van der Waals surface area contributed by atoms with Gasteiger partial charge in [-0.05, 0) is 61.4 Å². The lowest BCUT2D eigenvalue weighted by atomic mass is 9.97. The van der Waals surface area contributed by atoms with E-state index < -0.39 is 17.2 Å². The van der Waals surface area contributed by atoms with Crippen molar-refractivity contribution >= 4 is 11.2 Å². The Bertz CT molecular complexity index is 1530. The maximum atomic E-state index is 14.7. The van der Waals surface area contributed by atoms with E-state index in [2.05, 4.69) is 15.5 Å². The first-order valence-electron chi connectivity index (χ1n) is 11.2. The van der Waals surface area contributed by atoms with Crippen LogP contribution in [0.4, 0.5) is 14.5 Å². The van der Waals surface area contributed by atoms with Gasteiger partial charge in [0.15, 0.2) is 0 Å². The highest BCUT2D eigenvalue weighted by Crippen LogP contribution is 2.34. The molecule has 0 fully saturated rings. The van der Waals surface area contributed by atoms with Crippen LogP contribution in [0.3, 0.4) is 0 Å². The van der Waals surface area contributed by atoms with E-state index in [0.717, 1.165) is 33.8 Å². The van der Waals surface area contributed by atoms with Crippen LogP contribution >= 0.6 is 0 Å². The SMILES string of the molecule is Cn1cc(-c2ccc3c(-c4cc(NCC(C)(C)O)cc(-c5ccc(F)cc5F)c4)cnn3c2)cn1. The van der Waals surface area contributed by atoms with Crippen molar-refractivity contribution in [3.63, 3.8) is 0 Å². The Balaban J connectivity index is 1.61. The molecule has 0 radical (unpaired) electrons. The molecule has 0 atom stereocenters. The van der Waals surface area contributed by atoms with Gasteiger partial charge in [-0.1, -0.05) is 6.07 Å². The maximum Gasteiger partial charge on any atom is 0.133 e. The zero-order valence-electron chi connectivity index (χ0n) is 19.6. The van der Waals surface area contributed by atoms with E-state index in [1.165, 1.54) is 12.1 Å². The number of aromatic nitrogens is 4. The van der Waals surface area contributed by atoms with Gasteiger partial charge in [0.2, 0.25) is 0 Å². The molecule has 0 aliphatic heterocycles. The van der Waals surface area contributed by atoms with Gasteiger partial charge in [-0.3, -0.25) is 4.68 Å². The van der Waals surface area contributed by atoms with Crippen LogP contribution in [0.5, 0.6) is 0 Å². The number of benzene rings is 2. The summed E-state index contributed by atoms with van der Waals surface area (Å²) in [6.45, 7) is 3.70. The third-order valence-electron chi connectivity index (χ3n) is 5.77. The zero-order chi connectivity index (χ0) is 24.7. The van der Waals surface area contributed by atoms with Crippen LogP contribution in [-0.2, 0) is 7.05 Å². The molecule has 5 aromatic rings. The van der Waals surface area contributed by atoms with E-state index in [4.69, 9.17) is 0 Å². The minimum absolute atomic E-state index is 0.287. The first-order valence-corrected chi connectivity index (χ1v) is 11.2. The van der Waals surface area contributed by atoms with Crippen molar-refractivity contribution in [1.82, 2.24) is 19.4 Å². The standard InChI is InChI=1S/C27H25F2N5O/c1-27(2,35)16-30-22-9-18(23-6-5-21(28)11-25(23)29)8-19(10-22)24-13-32-34-15-17(4-7-26(24)34)20-12-31-33(3)14-20/h4-15,30,35H,16H2,1-3H3. The molecule has 2 aromatic carbocycles. The molecular weight excluding hydrogens is 448 g/mol. The lowest BCUT2D eigenvalue weighted by molar-refractivity contribution is 0.0945. The summed E-state index contributed by atoms with van der Waals surface area (Å²) in [5.41, 5.74) is 5.15. The van der Waals surface area contributed by atoms with E-state index in [-0.39, 0.29) is 5.56 Å². The van der Waals surface area contributed by atoms with Crippen LogP contribution < -0.4 is 5.32 Å². The zero-order valence-corrected chi connectivity index (χ0v) is 19.6. The Morgan fingerprint density at radius 3 is 2.31 bits per heavy atom. The predicted octanol–water partition coefficient (Wildman–Crippen LogP) is 5.53. The second-order valence-corrected chi connectivity index (χ2v) is 9.30. The Morgan fingerprint density at radius 1 is 0.857 bits per heavy atom. The summed E-state index contributed by atoms with van der Waals surface area (Å²) in [5.74, 6) is -1.27. The van der Waals surface area contributed by atoms with Gasteiger partial charge >= 0.3 is 0 Å². The quantitative estimate of drug-likeness (QED) is 0.340. The summed E-state index contributed by atoms with van der Waals surface area (Å²) in [4.78, 5) is 0. The van der Waals surface area contributed by atoms with E-state index >= 15 is 0 Å². The van der Waals surface area contributed by atoms with Gasteiger partial charge in [0, 0.05) is 60.0 Å². The average molecular weight is 474 g/mol. The molecule has 0 spiro atoms. The molecule has 0 amide bonds. The topological polar surface area (TPSA) is 67.4 Å². The van der Waals surface area contributed by atoms with Crippen LogP contribution in [0.15, 0.2) is 73.3 Å². The van der Waals surface area contributed by atoms with E-state index in [1.807, 2.05) is 43.7 Å². The second kappa shape index (κ2) is 8.63. The third kappa shape index (κ3) is 4.79. The van der Waals surface area contributed by atoms with Gasteiger partial charge < -0.3 is 10.4 Å². The molecule has 5 rings (SSSR count). The molecule has 0 saturated carbocycles. The van der Waals surface area contributed by atoms with Crippen molar-refractivity contribution in [2.45, 2.75) is 19.4 Å². The van der Waals surface area contributed by atoms with Crippen molar-refractivity contribution in [3.05, 3.63) is 85.0 Å². The number of hydrogen-bond acceptors (Lipinski definition) is 4. The predicted molar refractivity (Wildman–Crippen MR) is 133 cm³/mol. The fourth-order valence-corrected chi connectivity index (χ4v) is 4.03. The second-order valence-electron chi connectivity index (χ2n) is 9.30. The molecule has 8 heteroatoms. The Morgan fingerprint density at radius 2 is 1.63 bits per heavy atom. The third-order valence-corrected chi connectivity index (χ3v) is 5.77. The van der Waals surface area contributed by atoms with E-state index in [9.17, 15) is 13.9 Å². The monoisotopic (exact) mass is 473 g/mol.